The van der Waals surface area contributed by atoms with Crippen molar-refractivity contribution in [2.45, 2.75) is 6.42 Å². The number of hydrogen-bond donors (Lipinski definition) is 2. The van der Waals surface area contributed by atoms with Gasteiger partial charge in [0.05, 0.1) is 22.9 Å². The summed E-state index contributed by atoms with van der Waals surface area (Å²) in [5.74, 6) is -1.81. The minimum absolute atomic E-state index is 0.223. The van der Waals surface area contributed by atoms with Crippen LogP contribution in [0.15, 0.2) is 11.6 Å². The maximum absolute atomic E-state index is 10.6. The fourth-order valence-electron chi connectivity index (χ4n) is 0.483. The zero-order valence-electron chi connectivity index (χ0n) is 5.91. The normalized spacial score (nSPS) is 10.6. The maximum Gasteiger partial charge on any atom is 0.332 e. The summed E-state index contributed by atoms with van der Waals surface area (Å²) >= 11 is 1.57. The number of carbonyl (C=O) groups excluding carboxylic acids is 2. The van der Waals surface area contributed by atoms with Crippen molar-refractivity contribution in [3.8, 4) is 0 Å². The van der Waals surface area contributed by atoms with E-state index in [0.717, 1.165) is 6.08 Å². The van der Waals surface area contributed by atoms with Gasteiger partial charge in [-0.3, -0.25) is 8.32 Å². The van der Waals surface area contributed by atoms with E-state index in [1.807, 2.05) is 0 Å². The first-order chi connectivity index (χ1) is 5.61. The Hall–Kier alpha value is -0.920. The summed E-state index contributed by atoms with van der Waals surface area (Å²) in [5, 5.41) is 8.44. The average molecular weight is 283 g/mol. The number of carbonyl (C=O) groups is 3. The Labute approximate surface area is 82.3 Å². The molecule has 5 nitrogen and oxygen atoms in total. The second kappa shape index (κ2) is 5.70. The number of amides is 1. The van der Waals surface area contributed by atoms with Gasteiger partial charge in [-0.05, 0) is 0 Å². The number of halogens is 1. The lowest BCUT2D eigenvalue weighted by Crippen LogP contribution is -2.11. The Balaban J connectivity index is 4.48. The fraction of sp³-hybridized carbons (Fsp3) is 0.167. The van der Waals surface area contributed by atoms with Crippen molar-refractivity contribution in [2.24, 2.45) is 0 Å². The number of aliphatic carboxylic acids is 1. The van der Waals surface area contributed by atoms with E-state index in [2.05, 4.69) is 3.53 Å². The molecule has 0 spiro atoms. The molecule has 0 fully saturated rings. The molecule has 0 rings (SSSR count). The number of hydrogen-bond acceptors (Lipinski definition) is 3. The topological polar surface area (TPSA) is 83.5 Å². The molecule has 2 N–H and O–H groups in total. The molecule has 0 saturated carbocycles. The number of carboxylic acid groups (broad SMARTS) is 1. The Bertz CT molecular complexity index is 236. The number of nitrogens with one attached hydrogen (secondary N) is 1. The molecule has 0 saturated heterocycles. The van der Waals surface area contributed by atoms with Crippen LogP contribution in [0.1, 0.15) is 6.42 Å². The van der Waals surface area contributed by atoms with Gasteiger partial charge >= 0.3 is 5.97 Å². The third kappa shape index (κ3) is 4.06. The summed E-state index contributed by atoms with van der Waals surface area (Å²) < 4.78 is 2.18. The smallest absolute Gasteiger partial charge is 0.332 e. The molecule has 1 amide bonds. The van der Waals surface area contributed by atoms with Crippen molar-refractivity contribution in [3.05, 3.63) is 11.6 Å². The van der Waals surface area contributed by atoms with Gasteiger partial charge < -0.3 is 9.90 Å². The van der Waals surface area contributed by atoms with Crippen LogP contribution >= 0.6 is 22.9 Å². The standard InChI is InChI=1S/C6H6INO4/c7-8-5(10)3-4(1-2-9)6(11)12/h2-3H,1H2,(H,8,10)(H,11,12)/b4-3-. The zero-order valence-corrected chi connectivity index (χ0v) is 8.07. The van der Waals surface area contributed by atoms with Crippen molar-refractivity contribution in [1.29, 1.82) is 0 Å². The van der Waals surface area contributed by atoms with E-state index in [-0.39, 0.29) is 12.0 Å². The lowest BCUT2D eigenvalue weighted by Gasteiger charge is -1.94. The molecule has 0 aliphatic carbocycles. The molecule has 0 aromatic rings. The lowest BCUT2D eigenvalue weighted by molar-refractivity contribution is -0.133. The Kier molecular flexibility index (Phi) is 5.26. The van der Waals surface area contributed by atoms with Crippen LogP contribution in [-0.4, -0.2) is 23.3 Å². The molecule has 0 heterocycles. The average Bonchev–Trinajstić information content (AvgIpc) is 2.03. The largest absolute Gasteiger partial charge is 0.478 e. The summed E-state index contributed by atoms with van der Waals surface area (Å²) in [6, 6.07) is 0. The van der Waals surface area contributed by atoms with E-state index in [4.69, 9.17) is 5.11 Å². The molecule has 0 aromatic carbocycles. The summed E-state index contributed by atoms with van der Waals surface area (Å²) in [6.07, 6.45) is 1.04. The summed E-state index contributed by atoms with van der Waals surface area (Å²) in [6.45, 7) is 0. The van der Waals surface area contributed by atoms with Gasteiger partial charge in [-0.2, -0.15) is 0 Å². The second-order valence-corrected chi connectivity index (χ2v) is 2.34. The van der Waals surface area contributed by atoms with Crippen molar-refractivity contribution in [2.75, 3.05) is 0 Å². The van der Waals surface area contributed by atoms with Crippen molar-refractivity contribution in [1.82, 2.24) is 3.53 Å². The van der Waals surface area contributed by atoms with Crippen molar-refractivity contribution >= 4 is 41.0 Å². The SMILES string of the molecule is O=CC/C(=C/C(=O)NI)C(=O)O. The maximum atomic E-state index is 10.6. The van der Waals surface area contributed by atoms with E-state index in [1.165, 1.54) is 0 Å². The van der Waals surface area contributed by atoms with Crippen LogP contribution < -0.4 is 3.53 Å². The highest BCUT2D eigenvalue weighted by Crippen LogP contribution is 1.98. The minimum atomic E-state index is -1.26. The van der Waals surface area contributed by atoms with Crippen LogP contribution in [0.4, 0.5) is 0 Å². The molecule has 6 heteroatoms. The van der Waals surface area contributed by atoms with Gasteiger partial charge in [0.15, 0.2) is 0 Å². The highest BCUT2D eigenvalue weighted by molar-refractivity contribution is 14.1. The third-order valence-electron chi connectivity index (χ3n) is 0.976. The molecule has 0 aromatic heterocycles. The third-order valence-corrected chi connectivity index (χ3v) is 1.51. The molecule has 0 atom stereocenters. The van der Waals surface area contributed by atoms with E-state index in [9.17, 15) is 14.4 Å². The Morgan fingerprint density at radius 3 is 2.42 bits per heavy atom. The van der Waals surface area contributed by atoms with Crippen LogP contribution in [-0.2, 0) is 14.4 Å². The number of rotatable bonds is 4. The van der Waals surface area contributed by atoms with E-state index in [1.54, 1.807) is 22.9 Å². The van der Waals surface area contributed by atoms with Gasteiger partial charge in [-0.25, -0.2) is 4.79 Å². The van der Waals surface area contributed by atoms with Crippen molar-refractivity contribution < 1.29 is 19.5 Å². The quantitative estimate of drug-likeness (QED) is 0.330. The van der Waals surface area contributed by atoms with Gasteiger partial charge in [-0.1, -0.05) is 0 Å². The molecule has 66 valence electrons. The molecule has 12 heavy (non-hydrogen) atoms. The van der Waals surface area contributed by atoms with Crippen LogP contribution in [0.3, 0.4) is 0 Å². The Morgan fingerprint density at radius 2 is 2.08 bits per heavy atom. The summed E-state index contributed by atoms with van der Waals surface area (Å²) in [5.41, 5.74) is -0.223. The zero-order chi connectivity index (χ0) is 9.56. The summed E-state index contributed by atoms with van der Waals surface area (Å²) in [7, 11) is 0. The lowest BCUT2D eigenvalue weighted by atomic mass is 10.2. The Morgan fingerprint density at radius 1 is 1.50 bits per heavy atom. The molecule has 0 bridgehead atoms. The molecular weight excluding hydrogens is 277 g/mol. The number of carboxylic acids is 1. The number of aldehydes is 1. The van der Waals surface area contributed by atoms with Gasteiger partial charge in [0.25, 0.3) is 5.91 Å². The monoisotopic (exact) mass is 283 g/mol. The minimum Gasteiger partial charge on any atom is -0.478 e. The molecule has 0 aliphatic heterocycles. The van der Waals surface area contributed by atoms with E-state index < -0.39 is 11.9 Å². The van der Waals surface area contributed by atoms with E-state index >= 15 is 0 Å². The van der Waals surface area contributed by atoms with Gasteiger partial charge in [0, 0.05) is 18.1 Å². The van der Waals surface area contributed by atoms with Crippen LogP contribution in [0.25, 0.3) is 0 Å². The van der Waals surface area contributed by atoms with Crippen LogP contribution in [0, 0.1) is 0 Å². The fourth-order valence-corrected chi connectivity index (χ4v) is 0.639. The van der Waals surface area contributed by atoms with Crippen LogP contribution in [0.2, 0.25) is 0 Å². The molecule has 0 unspecified atom stereocenters. The highest BCUT2D eigenvalue weighted by Gasteiger charge is 2.07. The predicted molar refractivity (Wildman–Crippen MR) is 48.6 cm³/mol. The van der Waals surface area contributed by atoms with Gasteiger partial charge in [0.1, 0.15) is 6.29 Å². The highest BCUT2D eigenvalue weighted by atomic mass is 127. The predicted octanol–water partition coefficient (Wildman–Crippen LogP) is 0.0526. The van der Waals surface area contributed by atoms with E-state index in [0.29, 0.717) is 6.29 Å². The van der Waals surface area contributed by atoms with Crippen LogP contribution in [0.5, 0.6) is 0 Å². The first-order valence-electron chi connectivity index (χ1n) is 2.90. The van der Waals surface area contributed by atoms with Gasteiger partial charge in [-0.15, -0.1) is 0 Å². The first kappa shape index (κ1) is 11.1. The van der Waals surface area contributed by atoms with Gasteiger partial charge in [0.2, 0.25) is 0 Å². The van der Waals surface area contributed by atoms with Crippen molar-refractivity contribution in [3.63, 3.8) is 0 Å². The molecular formula is C6H6INO4. The second-order valence-electron chi connectivity index (χ2n) is 1.80. The molecule has 0 aliphatic rings. The summed E-state index contributed by atoms with van der Waals surface area (Å²) in [4.78, 5) is 30.9. The first-order valence-corrected chi connectivity index (χ1v) is 3.97. The molecule has 0 radical (unpaired) electrons.